The fraction of sp³-hybridized carbons (Fsp3) is 0.326. The van der Waals surface area contributed by atoms with Crippen LogP contribution in [-0.4, -0.2) is 101 Å². The van der Waals surface area contributed by atoms with Crippen molar-refractivity contribution in [3.63, 3.8) is 0 Å². The lowest BCUT2D eigenvalue weighted by molar-refractivity contribution is -0.384. The fourth-order valence-corrected chi connectivity index (χ4v) is 7.16. The van der Waals surface area contributed by atoms with Crippen LogP contribution in [0.15, 0.2) is 109 Å². The molecule has 0 aliphatic carbocycles. The SMILES string of the molecule is CC(=O)N1CCN(c2ccc(CN(C(=O)C=Cc3ccc(C(F)(F)F)cc3)C(Cc3ccccc3)C(=O)N3CCN(Cc4ccc([N+](=O)[O-])cc4)CC3)cc2)CC1. The molecule has 11 nitrogen and oxygen atoms in total. The van der Waals surface area contributed by atoms with Crippen molar-refractivity contribution in [2.45, 2.75) is 38.7 Å². The minimum Gasteiger partial charge on any atom is -0.368 e. The lowest BCUT2D eigenvalue weighted by Gasteiger charge is -2.39. The lowest BCUT2D eigenvalue weighted by Crippen LogP contribution is -2.56. The topological polar surface area (TPSA) is 111 Å². The van der Waals surface area contributed by atoms with Gasteiger partial charge in [-0.2, -0.15) is 13.2 Å². The molecule has 2 aliphatic rings. The summed E-state index contributed by atoms with van der Waals surface area (Å²) in [6.45, 7) is 6.79. The van der Waals surface area contributed by atoms with E-state index >= 15 is 0 Å². The molecular formula is C43H45F3N6O5. The van der Waals surface area contributed by atoms with Gasteiger partial charge in [-0.3, -0.25) is 29.4 Å². The number of nitro groups is 1. The Morgan fingerprint density at radius 1 is 0.754 bits per heavy atom. The number of halogens is 3. The molecule has 0 N–H and O–H groups in total. The number of hydrogen-bond donors (Lipinski definition) is 0. The Kier molecular flexibility index (Phi) is 13.0. The minimum absolute atomic E-state index is 0.0204. The maximum absolute atomic E-state index is 14.6. The standard InChI is InChI=1S/C43H45F3N6O5/c1-32(53)48-25-27-49(28-26-48)38-16-9-36(10-17-38)31-51(41(54)20-13-33-7-14-37(15-8-33)43(44,45)46)40(29-34-5-3-2-4-6-34)42(55)50-23-21-47(22-24-50)30-35-11-18-39(19-12-35)52(56)57/h2-20,40H,21-31H2,1H3. The van der Waals surface area contributed by atoms with Crippen molar-refractivity contribution in [2.24, 2.45) is 0 Å². The Balaban J connectivity index is 1.24. The molecule has 57 heavy (non-hydrogen) atoms. The largest absolute Gasteiger partial charge is 0.416 e. The van der Waals surface area contributed by atoms with E-state index in [1.165, 1.54) is 36.4 Å². The Morgan fingerprint density at radius 3 is 1.93 bits per heavy atom. The van der Waals surface area contributed by atoms with Gasteiger partial charge >= 0.3 is 6.18 Å². The highest BCUT2D eigenvalue weighted by atomic mass is 19.4. The quantitative estimate of drug-likeness (QED) is 0.0946. The molecule has 4 aromatic carbocycles. The van der Waals surface area contributed by atoms with E-state index in [1.54, 1.807) is 28.9 Å². The third-order valence-electron chi connectivity index (χ3n) is 10.5. The number of piperazine rings is 2. The van der Waals surface area contributed by atoms with Crippen molar-refractivity contribution >= 4 is 35.2 Å². The molecule has 2 aliphatic heterocycles. The van der Waals surface area contributed by atoms with Crippen molar-refractivity contribution in [2.75, 3.05) is 57.3 Å². The van der Waals surface area contributed by atoms with Crippen molar-refractivity contribution in [3.05, 3.63) is 147 Å². The summed E-state index contributed by atoms with van der Waals surface area (Å²) < 4.78 is 39.7. The van der Waals surface area contributed by atoms with Crippen LogP contribution in [0.5, 0.6) is 0 Å². The van der Waals surface area contributed by atoms with Gasteiger partial charge in [-0.25, -0.2) is 0 Å². The average Bonchev–Trinajstić information content (AvgIpc) is 3.22. The summed E-state index contributed by atoms with van der Waals surface area (Å²) in [5.41, 5.74) is 3.17. The van der Waals surface area contributed by atoms with Crippen LogP contribution in [-0.2, 0) is 40.1 Å². The van der Waals surface area contributed by atoms with Crippen LogP contribution in [0.1, 0.15) is 34.7 Å². The smallest absolute Gasteiger partial charge is 0.368 e. The van der Waals surface area contributed by atoms with E-state index < -0.39 is 28.6 Å². The van der Waals surface area contributed by atoms with Crippen LogP contribution >= 0.6 is 0 Å². The Morgan fingerprint density at radius 2 is 1.35 bits per heavy atom. The molecule has 0 radical (unpaired) electrons. The van der Waals surface area contributed by atoms with Crippen molar-refractivity contribution < 1.29 is 32.5 Å². The zero-order valence-electron chi connectivity index (χ0n) is 31.7. The summed E-state index contributed by atoms with van der Waals surface area (Å²) in [6, 6.07) is 27.3. The van der Waals surface area contributed by atoms with E-state index in [0.717, 1.165) is 34.5 Å². The second-order valence-corrected chi connectivity index (χ2v) is 14.3. The van der Waals surface area contributed by atoms with Gasteiger partial charge in [0.15, 0.2) is 0 Å². The number of amides is 3. The zero-order chi connectivity index (χ0) is 40.5. The van der Waals surface area contributed by atoms with Gasteiger partial charge < -0.3 is 19.6 Å². The van der Waals surface area contributed by atoms with Crippen LogP contribution in [0.3, 0.4) is 0 Å². The van der Waals surface area contributed by atoms with E-state index in [4.69, 9.17) is 0 Å². The molecule has 14 heteroatoms. The summed E-state index contributed by atoms with van der Waals surface area (Å²) in [5.74, 6) is -0.638. The van der Waals surface area contributed by atoms with Crippen LogP contribution in [0, 0.1) is 10.1 Å². The number of hydrogen-bond acceptors (Lipinski definition) is 7. The Labute approximate surface area is 329 Å². The minimum atomic E-state index is -4.49. The predicted octanol–water partition coefficient (Wildman–Crippen LogP) is 6.28. The number of benzene rings is 4. The fourth-order valence-electron chi connectivity index (χ4n) is 7.16. The first-order valence-corrected chi connectivity index (χ1v) is 18.9. The number of carbonyl (C=O) groups is 3. The molecule has 2 fully saturated rings. The summed E-state index contributed by atoms with van der Waals surface area (Å²) in [4.78, 5) is 60.9. The normalized spacial score (nSPS) is 15.8. The summed E-state index contributed by atoms with van der Waals surface area (Å²) in [5, 5.41) is 11.1. The van der Waals surface area contributed by atoms with E-state index in [1.807, 2.05) is 59.5 Å². The third kappa shape index (κ3) is 10.8. The van der Waals surface area contributed by atoms with E-state index in [-0.39, 0.29) is 30.5 Å². The van der Waals surface area contributed by atoms with Gasteiger partial charge in [-0.05, 0) is 52.6 Å². The maximum atomic E-state index is 14.6. The van der Waals surface area contributed by atoms with Crippen molar-refractivity contribution in [1.82, 2.24) is 19.6 Å². The summed E-state index contributed by atoms with van der Waals surface area (Å²) in [6.07, 6.45) is -1.49. The monoisotopic (exact) mass is 782 g/mol. The van der Waals surface area contributed by atoms with E-state index in [2.05, 4.69) is 9.80 Å². The van der Waals surface area contributed by atoms with Crippen molar-refractivity contribution in [3.8, 4) is 0 Å². The molecule has 1 unspecified atom stereocenters. The average molecular weight is 783 g/mol. The van der Waals surface area contributed by atoms with Crippen molar-refractivity contribution in [1.29, 1.82) is 0 Å². The summed E-state index contributed by atoms with van der Waals surface area (Å²) in [7, 11) is 0. The molecule has 3 amide bonds. The first-order valence-electron chi connectivity index (χ1n) is 18.9. The number of alkyl halides is 3. The molecule has 1 atom stereocenters. The maximum Gasteiger partial charge on any atom is 0.416 e. The van der Waals surface area contributed by atoms with E-state index in [9.17, 15) is 37.7 Å². The van der Waals surface area contributed by atoms with E-state index in [0.29, 0.717) is 64.5 Å². The molecule has 2 heterocycles. The highest BCUT2D eigenvalue weighted by molar-refractivity contribution is 5.96. The number of nitrogens with zero attached hydrogens (tertiary/aromatic N) is 6. The molecule has 0 saturated carbocycles. The zero-order valence-corrected chi connectivity index (χ0v) is 31.7. The number of rotatable bonds is 12. The molecule has 0 bridgehead atoms. The molecule has 0 aromatic heterocycles. The molecular weight excluding hydrogens is 738 g/mol. The number of carbonyl (C=O) groups excluding carboxylic acids is 3. The van der Waals surface area contributed by atoms with Gasteiger partial charge in [-0.15, -0.1) is 0 Å². The van der Waals surface area contributed by atoms with Crippen LogP contribution < -0.4 is 4.90 Å². The molecule has 0 spiro atoms. The molecule has 6 rings (SSSR count). The van der Waals surface area contributed by atoms with Gasteiger partial charge in [0, 0.05) is 103 Å². The van der Waals surface area contributed by atoms with Gasteiger partial charge in [0.25, 0.3) is 5.69 Å². The summed E-state index contributed by atoms with van der Waals surface area (Å²) >= 11 is 0. The number of non-ortho nitro benzene ring substituents is 1. The Bertz CT molecular complexity index is 2030. The van der Waals surface area contributed by atoms with Gasteiger partial charge in [-0.1, -0.05) is 66.7 Å². The van der Waals surface area contributed by atoms with Gasteiger partial charge in [0.1, 0.15) is 6.04 Å². The highest BCUT2D eigenvalue weighted by Gasteiger charge is 2.34. The van der Waals surface area contributed by atoms with Gasteiger partial charge in [0.2, 0.25) is 17.7 Å². The first-order chi connectivity index (χ1) is 27.3. The Hall–Kier alpha value is -6.02. The predicted molar refractivity (Wildman–Crippen MR) is 211 cm³/mol. The number of nitro benzene ring substituents is 1. The van der Waals surface area contributed by atoms with Crippen LogP contribution in [0.25, 0.3) is 6.08 Å². The van der Waals surface area contributed by atoms with Crippen LogP contribution in [0.2, 0.25) is 0 Å². The van der Waals surface area contributed by atoms with Crippen LogP contribution in [0.4, 0.5) is 24.5 Å². The molecule has 2 saturated heterocycles. The third-order valence-corrected chi connectivity index (χ3v) is 10.5. The second-order valence-electron chi connectivity index (χ2n) is 14.3. The lowest BCUT2D eigenvalue weighted by atomic mass is 10.0. The second kappa shape index (κ2) is 18.3. The number of anilines is 1. The first kappa shape index (κ1) is 40.6. The molecule has 298 valence electrons. The highest BCUT2D eigenvalue weighted by Crippen LogP contribution is 2.29. The molecule has 4 aromatic rings. The van der Waals surface area contributed by atoms with Gasteiger partial charge in [0.05, 0.1) is 10.5 Å².